The zero-order valence-electron chi connectivity index (χ0n) is 10.1. The monoisotopic (exact) mass is 246 g/mol. The fourth-order valence-corrected chi connectivity index (χ4v) is 1.98. The first-order chi connectivity index (χ1) is 9.33. The van der Waals surface area contributed by atoms with Crippen molar-refractivity contribution in [2.45, 2.75) is 0 Å². The fourth-order valence-electron chi connectivity index (χ4n) is 1.98. The van der Waals surface area contributed by atoms with Crippen LogP contribution in [0.4, 0.5) is 0 Å². The van der Waals surface area contributed by atoms with Crippen molar-refractivity contribution in [1.82, 2.24) is 14.6 Å². The summed E-state index contributed by atoms with van der Waals surface area (Å²) in [7, 11) is 0. The molecule has 0 bridgehead atoms. The van der Waals surface area contributed by atoms with Crippen molar-refractivity contribution < 1.29 is 0 Å². The Labute approximate surface area is 110 Å². The Balaban J connectivity index is 2.36. The average Bonchev–Trinajstić information content (AvgIpc) is 2.91. The molecule has 0 atom stereocenters. The molecular weight excluding hydrogens is 236 g/mol. The van der Waals surface area contributed by atoms with Crippen molar-refractivity contribution in [1.29, 1.82) is 5.26 Å². The highest BCUT2D eigenvalue weighted by Gasteiger charge is 2.11. The van der Waals surface area contributed by atoms with E-state index in [0.717, 1.165) is 11.3 Å². The lowest BCUT2D eigenvalue weighted by atomic mass is 10.1. The summed E-state index contributed by atoms with van der Waals surface area (Å²) in [6.45, 7) is 3.66. The molecule has 0 amide bonds. The maximum Gasteiger partial charge on any atom is 0.174 e. The Morgan fingerprint density at radius 1 is 1.16 bits per heavy atom. The van der Waals surface area contributed by atoms with E-state index in [1.165, 1.54) is 0 Å². The highest BCUT2D eigenvalue weighted by Crippen LogP contribution is 2.21. The average molecular weight is 246 g/mol. The third-order valence-electron chi connectivity index (χ3n) is 2.87. The number of nitriles is 1. The van der Waals surface area contributed by atoms with Gasteiger partial charge in [0.25, 0.3) is 0 Å². The molecule has 90 valence electrons. The molecule has 0 saturated heterocycles. The fraction of sp³-hybridized carbons (Fsp3) is 0. The largest absolute Gasteiger partial charge is 0.211 e. The number of rotatable bonds is 2. The van der Waals surface area contributed by atoms with Gasteiger partial charge in [0.2, 0.25) is 0 Å². The van der Waals surface area contributed by atoms with Gasteiger partial charge in [0.15, 0.2) is 11.5 Å². The molecule has 0 radical (unpaired) electrons. The molecule has 2 heterocycles. The summed E-state index contributed by atoms with van der Waals surface area (Å²) in [5, 5.41) is 13.5. The minimum atomic E-state index is 0.500. The second kappa shape index (κ2) is 4.39. The molecule has 19 heavy (non-hydrogen) atoms. The molecule has 0 unspecified atom stereocenters. The van der Waals surface area contributed by atoms with Gasteiger partial charge < -0.3 is 0 Å². The zero-order valence-corrected chi connectivity index (χ0v) is 10.1. The molecule has 0 spiro atoms. The molecular formula is C15H10N4. The summed E-state index contributed by atoms with van der Waals surface area (Å²) in [6.07, 6.45) is 1.57. The lowest BCUT2D eigenvalue weighted by Gasteiger charge is -2.04. The van der Waals surface area contributed by atoms with E-state index < -0.39 is 0 Å². The molecule has 4 nitrogen and oxygen atoms in total. The van der Waals surface area contributed by atoms with Gasteiger partial charge in [0, 0.05) is 5.56 Å². The highest BCUT2D eigenvalue weighted by molar-refractivity contribution is 5.67. The van der Waals surface area contributed by atoms with Gasteiger partial charge >= 0.3 is 0 Å². The minimum absolute atomic E-state index is 0.500. The van der Waals surface area contributed by atoms with Crippen LogP contribution in [-0.2, 0) is 0 Å². The number of benzene rings is 1. The Morgan fingerprint density at radius 3 is 2.63 bits per heavy atom. The van der Waals surface area contributed by atoms with E-state index in [2.05, 4.69) is 22.7 Å². The SMILES string of the molecule is C=Cc1nc2c(C#N)ccc(-c3ccccc3)n2n1. The first-order valence-electron chi connectivity index (χ1n) is 5.81. The van der Waals surface area contributed by atoms with Crippen LogP contribution in [0, 0.1) is 11.3 Å². The molecule has 0 aliphatic rings. The quantitative estimate of drug-likeness (QED) is 0.698. The van der Waals surface area contributed by atoms with Gasteiger partial charge in [0.05, 0.1) is 11.3 Å². The normalized spacial score (nSPS) is 10.3. The lowest BCUT2D eigenvalue weighted by molar-refractivity contribution is 0.960. The first kappa shape index (κ1) is 11.2. The van der Waals surface area contributed by atoms with Crippen molar-refractivity contribution in [2.24, 2.45) is 0 Å². The van der Waals surface area contributed by atoms with Gasteiger partial charge in [0.1, 0.15) is 6.07 Å². The summed E-state index contributed by atoms with van der Waals surface area (Å²) >= 11 is 0. The van der Waals surface area contributed by atoms with E-state index in [4.69, 9.17) is 5.26 Å². The van der Waals surface area contributed by atoms with Crippen LogP contribution in [0.5, 0.6) is 0 Å². The number of fused-ring (bicyclic) bond motifs is 1. The van der Waals surface area contributed by atoms with Gasteiger partial charge in [-0.1, -0.05) is 36.9 Å². The van der Waals surface area contributed by atoms with E-state index >= 15 is 0 Å². The maximum atomic E-state index is 9.12. The third kappa shape index (κ3) is 1.78. The second-order valence-electron chi connectivity index (χ2n) is 4.02. The summed E-state index contributed by atoms with van der Waals surface area (Å²) in [5.41, 5.74) is 2.98. The smallest absolute Gasteiger partial charge is 0.174 e. The zero-order chi connectivity index (χ0) is 13.2. The predicted molar refractivity (Wildman–Crippen MR) is 73.2 cm³/mol. The van der Waals surface area contributed by atoms with E-state index in [1.54, 1.807) is 16.7 Å². The van der Waals surface area contributed by atoms with Crippen LogP contribution >= 0.6 is 0 Å². The van der Waals surface area contributed by atoms with Crippen molar-refractivity contribution in [3.05, 3.63) is 60.4 Å². The minimum Gasteiger partial charge on any atom is -0.211 e. The van der Waals surface area contributed by atoms with Crippen LogP contribution in [0.25, 0.3) is 23.0 Å². The van der Waals surface area contributed by atoms with E-state index in [-0.39, 0.29) is 0 Å². The van der Waals surface area contributed by atoms with Crippen molar-refractivity contribution >= 4 is 11.7 Å². The number of hydrogen-bond acceptors (Lipinski definition) is 3. The predicted octanol–water partition coefficient (Wildman–Crippen LogP) is 2.91. The Hall–Kier alpha value is -2.93. The molecule has 1 aromatic carbocycles. The van der Waals surface area contributed by atoms with Gasteiger partial charge in [-0.15, -0.1) is 5.10 Å². The standard InChI is InChI=1S/C15H10N4/c1-2-14-17-15-12(10-16)8-9-13(19(15)18-14)11-6-4-3-5-7-11/h2-9H,1H2. The van der Waals surface area contributed by atoms with Gasteiger partial charge in [-0.3, -0.25) is 0 Å². The lowest BCUT2D eigenvalue weighted by Crippen LogP contribution is -1.96. The van der Waals surface area contributed by atoms with Crippen LogP contribution in [0.1, 0.15) is 11.4 Å². The number of aromatic nitrogens is 3. The van der Waals surface area contributed by atoms with Crippen LogP contribution in [0.3, 0.4) is 0 Å². The van der Waals surface area contributed by atoms with Crippen LogP contribution in [0.15, 0.2) is 49.0 Å². The van der Waals surface area contributed by atoms with Gasteiger partial charge in [-0.2, -0.15) is 5.26 Å². The van der Waals surface area contributed by atoms with E-state index in [0.29, 0.717) is 17.0 Å². The highest BCUT2D eigenvalue weighted by atomic mass is 15.3. The van der Waals surface area contributed by atoms with Crippen LogP contribution in [-0.4, -0.2) is 14.6 Å². The Bertz CT molecular complexity index is 794. The topological polar surface area (TPSA) is 54.0 Å². The molecule has 0 N–H and O–H groups in total. The second-order valence-corrected chi connectivity index (χ2v) is 4.02. The van der Waals surface area contributed by atoms with E-state index in [1.807, 2.05) is 36.4 Å². The Morgan fingerprint density at radius 2 is 1.95 bits per heavy atom. The van der Waals surface area contributed by atoms with Crippen molar-refractivity contribution in [3.8, 4) is 17.3 Å². The summed E-state index contributed by atoms with van der Waals surface area (Å²) in [4.78, 5) is 4.30. The van der Waals surface area contributed by atoms with E-state index in [9.17, 15) is 0 Å². The molecule has 3 rings (SSSR count). The molecule has 0 fully saturated rings. The van der Waals surface area contributed by atoms with Gasteiger partial charge in [-0.25, -0.2) is 9.50 Å². The molecule has 0 aliphatic carbocycles. The molecule has 4 heteroatoms. The maximum absolute atomic E-state index is 9.12. The van der Waals surface area contributed by atoms with Crippen molar-refractivity contribution in [2.75, 3.05) is 0 Å². The number of pyridine rings is 1. The summed E-state index contributed by atoms with van der Waals surface area (Å²) in [5.74, 6) is 0.514. The molecule has 0 aliphatic heterocycles. The summed E-state index contributed by atoms with van der Waals surface area (Å²) < 4.78 is 1.69. The van der Waals surface area contributed by atoms with Gasteiger partial charge in [-0.05, 0) is 18.2 Å². The van der Waals surface area contributed by atoms with Crippen LogP contribution < -0.4 is 0 Å². The molecule has 3 aromatic rings. The van der Waals surface area contributed by atoms with Crippen LogP contribution in [0.2, 0.25) is 0 Å². The molecule has 2 aromatic heterocycles. The first-order valence-corrected chi connectivity index (χ1v) is 5.81. The van der Waals surface area contributed by atoms with Crippen molar-refractivity contribution in [3.63, 3.8) is 0 Å². The number of hydrogen-bond donors (Lipinski definition) is 0. The summed E-state index contributed by atoms with van der Waals surface area (Å²) in [6, 6.07) is 15.6. The number of nitrogens with zero attached hydrogens (tertiary/aromatic N) is 4. The Kier molecular flexibility index (Phi) is 2.58. The molecule has 0 saturated carbocycles. The third-order valence-corrected chi connectivity index (χ3v) is 2.87.